The number of methoxy groups -OCH3 is 1. The summed E-state index contributed by atoms with van der Waals surface area (Å²) < 4.78 is 5.06. The number of rotatable bonds is 10. The molecule has 0 amide bonds. The van der Waals surface area contributed by atoms with Crippen molar-refractivity contribution in [1.29, 1.82) is 0 Å². The third kappa shape index (κ3) is 11.1. The second kappa shape index (κ2) is 12.0. The average molecular weight is 286 g/mol. The van der Waals surface area contributed by atoms with Gasteiger partial charge in [0.2, 0.25) is 0 Å². The Labute approximate surface area is 125 Å². The zero-order chi connectivity index (χ0) is 15.4. The van der Waals surface area contributed by atoms with Crippen LogP contribution in [0, 0.1) is 5.92 Å². The summed E-state index contributed by atoms with van der Waals surface area (Å²) >= 11 is 0. The van der Waals surface area contributed by atoms with Gasteiger partial charge < -0.3 is 20.3 Å². The summed E-state index contributed by atoms with van der Waals surface area (Å²) in [6.45, 7) is 10.3. The Balaban J connectivity index is 3.81. The second-order valence-corrected chi connectivity index (χ2v) is 5.81. The number of hydrogen-bond acceptors (Lipinski definition) is 3. The van der Waals surface area contributed by atoms with E-state index < -0.39 is 0 Å². The Kier molecular flexibility index (Phi) is 11.5. The smallest absolute Gasteiger partial charge is 0.191 e. The molecule has 0 aliphatic heterocycles. The van der Waals surface area contributed by atoms with Crippen LogP contribution in [0.25, 0.3) is 0 Å². The van der Waals surface area contributed by atoms with Crippen LogP contribution in [0.3, 0.4) is 0 Å². The maximum absolute atomic E-state index is 5.06. The monoisotopic (exact) mass is 286 g/mol. The molecule has 5 nitrogen and oxygen atoms in total. The lowest BCUT2D eigenvalue weighted by Crippen LogP contribution is -2.44. The van der Waals surface area contributed by atoms with E-state index in [1.165, 1.54) is 12.8 Å². The van der Waals surface area contributed by atoms with Crippen LogP contribution in [-0.4, -0.2) is 64.3 Å². The minimum absolute atomic E-state index is 0.454. The van der Waals surface area contributed by atoms with Gasteiger partial charge in [-0.2, -0.15) is 0 Å². The fourth-order valence-corrected chi connectivity index (χ4v) is 1.81. The number of likely N-dealkylation sites (N-methyl/N-ethyl adjacent to an activating group) is 1. The topological polar surface area (TPSA) is 48.9 Å². The SMILES string of the molecule is CN=C(NCCN(C)CCOC)NC(C)CCC(C)C. The van der Waals surface area contributed by atoms with Gasteiger partial charge in [-0.05, 0) is 32.7 Å². The van der Waals surface area contributed by atoms with Gasteiger partial charge in [0, 0.05) is 39.8 Å². The van der Waals surface area contributed by atoms with Gasteiger partial charge in [-0.25, -0.2) is 0 Å². The predicted molar refractivity (Wildman–Crippen MR) is 87.4 cm³/mol. The van der Waals surface area contributed by atoms with E-state index >= 15 is 0 Å². The molecule has 5 heteroatoms. The highest BCUT2D eigenvalue weighted by Crippen LogP contribution is 2.06. The highest BCUT2D eigenvalue weighted by atomic mass is 16.5. The Bertz CT molecular complexity index is 256. The molecule has 0 saturated carbocycles. The minimum Gasteiger partial charge on any atom is -0.383 e. The first-order valence-corrected chi connectivity index (χ1v) is 7.64. The van der Waals surface area contributed by atoms with E-state index in [1.807, 2.05) is 7.05 Å². The highest BCUT2D eigenvalue weighted by Gasteiger charge is 2.06. The van der Waals surface area contributed by atoms with Crippen LogP contribution in [0.15, 0.2) is 4.99 Å². The molecule has 0 aromatic heterocycles. The van der Waals surface area contributed by atoms with Gasteiger partial charge >= 0.3 is 0 Å². The maximum atomic E-state index is 5.06. The molecule has 1 atom stereocenters. The molecular weight excluding hydrogens is 252 g/mol. The van der Waals surface area contributed by atoms with Gasteiger partial charge in [0.15, 0.2) is 5.96 Å². The average Bonchev–Trinajstić information content (AvgIpc) is 2.41. The highest BCUT2D eigenvalue weighted by molar-refractivity contribution is 5.79. The minimum atomic E-state index is 0.454. The molecule has 0 aliphatic carbocycles. The van der Waals surface area contributed by atoms with Crippen LogP contribution < -0.4 is 10.6 Å². The fraction of sp³-hybridized carbons (Fsp3) is 0.933. The van der Waals surface area contributed by atoms with E-state index in [-0.39, 0.29) is 0 Å². The molecule has 0 saturated heterocycles. The van der Waals surface area contributed by atoms with E-state index in [4.69, 9.17) is 4.74 Å². The first-order valence-electron chi connectivity index (χ1n) is 7.64. The van der Waals surface area contributed by atoms with Crippen molar-refractivity contribution in [2.24, 2.45) is 10.9 Å². The molecule has 120 valence electrons. The van der Waals surface area contributed by atoms with Crippen molar-refractivity contribution in [2.45, 2.75) is 39.7 Å². The molecule has 0 fully saturated rings. The van der Waals surface area contributed by atoms with Gasteiger partial charge in [0.05, 0.1) is 6.61 Å². The lowest BCUT2D eigenvalue weighted by Gasteiger charge is -2.20. The number of nitrogens with one attached hydrogen (secondary N) is 2. The molecule has 0 bridgehead atoms. The number of ether oxygens (including phenoxy) is 1. The van der Waals surface area contributed by atoms with Crippen molar-refractivity contribution in [1.82, 2.24) is 15.5 Å². The quantitative estimate of drug-likeness (QED) is 0.473. The van der Waals surface area contributed by atoms with Crippen LogP contribution >= 0.6 is 0 Å². The van der Waals surface area contributed by atoms with Crippen molar-refractivity contribution in [3.63, 3.8) is 0 Å². The zero-order valence-corrected chi connectivity index (χ0v) is 14.2. The molecule has 1 unspecified atom stereocenters. The Morgan fingerprint density at radius 2 is 1.90 bits per heavy atom. The summed E-state index contributed by atoms with van der Waals surface area (Å²) in [6.07, 6.45) is 2.41. The van der Waals surface area contributed by atoms with Crippen LogP contribution in [-0.2, 0) is 4.74 Å². The molecule has 20 heavy (non-hydrogen) atoms. The van der Waals surface area contributed by atoms with E-state index in [1.54, 1.807) is 7.11 Å². The lowest BCUT2D eigenvalue weighted by atomic mass is 10.0. The van der Waals surface area contributed by atoms with Crippen LogP contribution in [0.2, 0.25) is 0 Å². The predicted octanol–water partition coefficient (Wildman–Crippen LogP) is 1.55. The maximum Gasteiger partial charge on any atom is 0.191 e. The first-order chi connectivity index (χ1) is 9.49. The molecular formula is C15H34N4O. The van der Waals surface area contributed by atoms with Crippen molar-refractivity contribution < 1.29 is 4.74 Å². The zero-order valence-electron chi connectivity index (χ0n) is 14.2. The summed E-state index contributed by atoms with van der Waals surface area (Å²) in [5.74, 6) is 1.64. The molecule has 0 rings (SSSR count). The molecule has 0 aromatic carbocycles. The molecule has 2 N–H and O–H groups in total. The Morgan fingerprint density at radius 1 is 1.20 bits per heavy atom. The molecule has 0 heterocycles. The largest absolute Gasteiger partial charge is 0.383 e. The van der Waals surface area contributed by atoms with E-state index in [0.29, 0.717) is 6.04 Å². The number of hydrogen-bond donors (Lipinski definition) is 2. The Hall–Kier alpha value is -0.810. The fourth-order valence-electron chi connectivity index (χ4n) is 1.81. The Morgan fingerprint density at radius 3 is 2.45 bits per heavy atom. The summed E-state index contributed by atoms with van der Waals surface area (Å²) in [5, 5.41) is 6.79. The lowest BCUT2D eigenvalue weighted by molar-refractivity contribution is 0.162. The van der Waals surface area contributed by atoms with Crippen molar-refractivity contribution >= 4 is 5.96 Å². The van der Waals surface area contributed by atoms with E-state index in [9.17, 15) is 0 Å². The molecule has 0 spiro atoms. The van der Waals surface area contributed by atoms with E-state index in [2.05, 4.69) is 48.3 Å². The van der Waals surface area contributed by atoms with Crippen LogP contribution in [0.1, 0.15) is 33.6 Å². The third-order valence-electron chi connectivity index (χ3n) is 3.25. The van der Waals surface area contributed by atoms with Crippen LogP contribution in [0.5, 0.6) is 0 Å². The van der Waals surface area contributed by atoms with Gasteiger partial charge in [0.25, 0.3) is 0 Å². The molecule has 0 radical (unpaired) electrons. The molecule has 0 aliphatic rings. The van der Waals surface area contributed by atoms with Gasteiger partial charge in [0.1, 0.15) is 0 Å². The van der Waals surface area contributed by atoms with E-state index in [0.717, 1.165) is 38.1 Å². The first kappa shape index (κ1) is 19.2. The normalized spacial score (nSPS) is 13.9. The van der Waals surface area contributed by atoms with Gasteiger partial charge in [-0.15, -0.1) is 0 Å². The summed E-state index contributed by atoms with van der Waals surface area (Å²) in [6, 6.07) is 0.454. The number of guanidine groups is 1. The van der Waals surface area contributed by atoms with Gasteiger partial charge in [-0.1, -0.05) is 13.8 Å². The van der Waals surface area contributed by atoms with Crippen LogP contribution in [0.4, 0.5) is 0 Å². The number of nitrogens with zero attached hydrogens (tertiary/aromatic N) is 2. The third-order valence-corrected chi connectivity index (χ3v) is 3.25. The number of aliphatic imine (C=N–C) groups is 1. The summed E-state index contributed by atoms with van der Waals surface area (Å²) in [4.78, 5) is 6.51. The van der Waals surface area contributed by atoms with Crippen molar-refractivity contribution in [3.8, 4) is 0 Å². The summed E-state index contributed by atoms with van der Waals surface area (Å²) in [5.41, 5.74) is 0. The molecule has 0 aromatic rings. The standard InChI is InChI=1S/C15H34N4O/c1-13(2)7-8-14(3)18-15(16-4)17-9-10-19(5)11-12-20-6/h13-14H,7-12H2,1-6H3,(H2,16,17,18). The van der Waals surface area contributed by atoms with Crippen molar-refractivity contribution in [3.05, 3.63) is 0 Å². The summed E-state index contributed by atoms with van der Waals surface area (Å²) in [7, 11) is 5.65. The van der Waals surface area contributed by atoms with Crippen molar-refractivity contribution in [2.75, 3.05) is 47.4 Å². The second-order valence-electron chi connectivity index (χ2n) is 5.81. The van der Waals surface area contributed by atoms with Gasteiger partial charge in [-0.3, -0.25) is 4.99 Å².